The molecule has 2 rings (SSSR count). The Morgan fingerprint density at radius 3 is 2.90 bits per heavy atom. The summed E-state index contributed by atoms with van der Waals surface area (Å²) in [4.78, 5) is 0. The van der Waals surface area contributed by atoms with Crippen LogP contribution in [-0.4, -0.2) is 9.78 Å². The van der Waals surface area contributed by atoms with Gasteiger partial charge in [-0.2, -0.15) is 5.10 Å². The number of hydrazine groups is 1. The van der Waals surface area contributed by atoms with E-state index in [2.05, 4.69) is 17.4 Å². The summed E-state index contributed by atoms with van der Waals surface area (Å²) in [6.45, 7) is 4.69. The summed E-state index contributed by atoms with van der Waals surface area (Å²) in [5, 5.41) is 4.77. The number of hydrogen-bond acceptors (Lipinski definition) is 3. The zero-order valence-electron chi connectivity index (χ0n) is 11.5. The third kappa shape index (κ3) is 2.85. The molecule has 1 atom stereocenters. The first-order chi connectivity index (χ1) is 9.58. The Hall–Kier alpha value is -1.43. The molecule has 0 aliphatic rings. The summed E-state index contributed by atoms with van der Waals surface area (Å²) < 4.78 is 15.3. The van der Waals surface area contributed by atoms with Gasteiger partial charge in [0, 0.05) is 6.54 Å². The maximum atomic E-state index is 13.5. The van der Waals surface area contributed by atoms with E-state index in [0.29, 0.717) is 5.02 Å². The van der Waals surface area contributed by atoms with Crippen molar-refractivity contribution in [2.24, 2.45) is 5.84 Å². The molecule has 3 N–H and O–H groups in total. The fraction of sp³-hybridized carbons (Fsp3) is 0.357. The summed E-state index contributed by atoms with van der Waals surface area (Å²) >= 11 is 6.22. The highest BCUT2D eigenvalue weighted by Crippen LogP contribution is 2.30. The third-order valence-corrected chi connectivity index (χ3v) is 3.55. The van der Waals surface area contributed by atoms with Gasteiger partial charge in [-0.25, -0.2) is 9.82 Å². The molecule has 0 saturated carbocycles. The van der Waals surface area contributed by atoms with Crippen LogP contribution >= 0.6 is 11.6 Å². The van der Waals surface area contributed by atoms with E-state index in [1.807, 2.05) is 6.92 Å². The molecule has 1 aromatic carbocycles. The Bertz CT molecular complexity index is 597. The van der Waals surface area contributed by atoms with Crippen molar-refractivity contribution in [3.63, 3.8) is 0 Å². The Labute approximate surface area is 122 Å². The number of aromatic nitrogens is 2. The highest BCUT2D eigenvalue weighted by molar-refractivity contribution is 6.31. The number of benzene rings is 1. The minimum Gasteiger partial charge on any atom is -0.271 e. The van der Waals surface area contributed by atoms with Gasteiger partial charge in [0.25, 0.3) is 0 Å². The average Bonchev–Trinajstić information content (AvgIpc) is 2.77. The minimum absolute atomic E-state index is 0.302. The van der Waals surface area contributed by atoms with Crippen LogP contribution in [0.25, 0.3) is 0 Å². The normalized spacial score (nSPS) is 12.7. The minimum atomic E-state index is -0.396. The van der Waals surface area contributed by atoms with Crippen molar-refractivity contribution in [2.75, 3.05) is 0 Å². The highest BCUT2D eigenvalue weighted by atomic mass is 35.5. The Morgan fingerprint density at radius 1 is 1.50 bits per heavy atom. The van der Waals surface area contributed by atoms with Gasteiger partial charge in [-0.05, 0) is 36.6 Å². The molecule has 1 aromatic heterocycles. The predicted molar refractivity (Wildman–Crippen MR) is 77.8 cm³/mol. The van der Waals surface area contributed by atoms with Crippen molar-refractivity contribution >= 4 is 11.6 Å². The summed E-state index contributed by atoms with van der Waals surface area (Å²) in [6.07, 6.45) is 2.51. The molecule has 1 heterocycles. The maximum Gasteiger partial charge on any atom is 0.123 e. The van der Waals surface area contributed by atoms with Crippen molar-refractivity contribution in [2.45, 2.75) is 32.9 Å². The second kappa shape index (κ2) is 6.35. The van der Waals surface area contributed by atoms with Crippen LogP contribution in [0.1, 0.15) is 36.2 Å². The van der Waals surface area contributed by atoms with Gasteiger partial charge in [-0.1, -0.05) is 24.6 Å². The number of aryl methyl sites for hydroxylation is 2. The topological polar surface area (TPSA) is 55.9 Å². The number of rotatable bonds is 5. The molecule has 0 fully saturated rings. The van der Waals surface area contributed by atoms with Gasteiger partial charge in [0.1, 0.15) is 5.82 Å². The van der Waals surface area contributed by atoms with Gasteiger partial charge in [-0.15, -0.1) is 0 Å². The van der Waals surface area contributed by atoms with Gasteiger partial charge in [0.2, 0.25) is 0 Å². The van der Waals surface area contributed by atoms with E-state index in [-0.39, 0.29) is 5.82 Å². The number of nitrogens with two attached hydrogens (primary N) is 1. The van der Waals surface area contributed by atoms with E-state index in [1.54, 1.807) is 16.9 Å². The molecular formula is C14H18ClFN4. The SMILES string of the molecule is CCCn1ncc(Cl)c1C(NN)c1cc(F)ccc1C. The fourth-order valence-corrected chi connectivity index (χ4v) is 2.54. The van der Waals surface area contributed by atoms with Crippen LogP contribution in [-0.2, 0) is 6.54 Å². The molecule has 0 amide bonds. The van der Waals surface area contributed by atoms with Crippen molar-refractivity contribution in [3.05, 3.63) is 52.1 Å². The van der Waals surface area contributed by atoms with Gasteiger partial charge < -0.3 is 0 Å². The zero-order chi connectivity index (χ0) is 14.7. The number of hydrogen-bond donors (Lipinski definition) is 2. The van der Waals surface area contributed by atoms with Gasteiger partial charge in [0.05, 0.1) is 23.0 Å². The van der Waals surface area contributed by atoms with E-state index in [0.717, 1.165) is 29.8 Å². The molecule has 0 spiro atoms. The number of nitrogens with zero attached hydrogens (tertiary/aromatic N) is 2. The van der Waals surface area contributed by atoms with Crippen molar-refractivity contribution in [1.82, 2.24) is 15.2 Å². The monoisotopic (exact) mass is 296 g/mol. The van der Waals surface area contributed by atoms with Crippen LogP contribution in [0.15, 0.2) is 24.4 Å². The second-order valence-corrected chi connectivity index (χ2v) is 5.11. The van der Waals surface area contributed by atoms with Gasteiger partial charge in [-0.3, -0.25) is 10.5 Å². The molecule has 0 aliphatic heterocycles. The van der Waals surface area contributed by atoms with E-state index in [1.165, 1.54) is 12.1 Å². The van der Waals surface area contributed by atoms with Crippen LogP contribution in [0.4, 0.5) is 4.39 Å². The van der Waals surface area contributed by atoms with E-state index >= 15 is 0 Å². The molecule has 0 bridgehead atoms. The van der Waals surface area contributed by atoms with Gasteiger partial charge in [0.15, 0.2) is 0 Å². The second-order valence-electron chi connectivity index (χ2n) is 4.70. The Morgan fingerprint density at radius 2 is 2.25 bits per heavy atom. The Balaban J connectivity index is 2.52. The van der Waals surface area contributed by atoms with Crippen molar-refractivity contribution in [3.8, 4) is 0 Å². The first kappa shape index (κ1) is 15.0. The molecular weight excluding hydrogens is 279 g/mol. The van der Waals surface area contributed by atoms with E-state index < -0.39 is 6.04 Å². The molecule has 4 nitrogen and oxygen atoms in total. The smallest absolute Gasteiger partial charge is 0.123 e. The summed E-state index contributed by atoms with van der Waals surface area (Å²) in [5.41, 5.74) is 5.17. The lowest BCUT2D eigenvalue weighted by molar-refractivity contribution is 0.517. The third-order valence-electron chi connectivity index (χ3n) is 3.26. The van der Waals surface area contributed by atoms with Crippen molar-refractivity contribution < 1.29 is 4.39 Å². The van der Waals surface area contributed by atoms with Crippen LogP contribution in [0.2, 0.25) is 5.02 Å². The molecule has 0 saturated heterocycles. The zero-order valence-corrected chi connectivity index (χ0v) is 12.3. The molecule has 2 aromatic rings. The molecule has 0 radical (unpaired) electrons. The molecule has 0 aliphatic carbocycles. The van der Waals surface area contributed by atoms with Crippen LogP contribution in [0.3, 0.4) is 0 Å². The van der Waals surface area contributed by atoms with E-state index in [4.69, 9.17) is 17.4 Å². The lowest BCUT2D eigenvalue weighted by Crippen LogP contribution is -2.31. The molecule has 6 heteroatoms. The summed E-state index contributed by atoms with van der Waals surface area (Å²) in [7, 11) is 0. The highest BCUT2D eigenvalue weighted by Gasteiger charge is 2.22. The predicted octanol–water partition coefficient (Wildman–Crippen LogP) is 2.95. The lowest BCUT2D eigenvalue weighted by atomic mass is 9.99. The van der Waals surface area contributed by atoms with Crippen LogP contribution in [0.5, 0.6) is 0 Å². The first-order valence-electron chi connectivity index (χ1n) is 6.51. The van der Waals surface area contributed by atoms with Crippen LogP contribution < -0.4 is 11.3 Å². The summed E-state index contributed by atoms with van der Waals surface area (Å²) in [6, 6.07) is 4.23. The lowest BCUT2D eigenvalue weighted by Gasteiger charge is -2.20. The van der Waals surface area contributed by atoms with Gasteiger partial charge >= 0.3 is 0 Å². The maximum absolute atomic E-state index is 13.5. The summed E-state index contributed by atoms with van der Waals surface area (Å²) in [5.74, 6) is 5.37. The average molecular weight is 297 g/mol. The van der Waals surface area contributed by atoms with Crippen molar-refractivity contribution in [1.29, 1.82) is 0 Å². The van der Waals surface area contributed by atoms with E-state index in [9.17, 15) is 4.39 Å². The van der Waals surface area contributed by atoms with Crippen LogP contribution in [0, 0.1) is 12.7 Å². The Kier molecular flexibility index (Phi) is 4.75. The number of nitrogens with one attached hydrogen (secondary N) is 1. The first-order valence-corrected chi connectivity index (χ1v) is 6.89. The fourth-order valence-electron chi connectivity index (χ4n) is 2.29. The quantitative estimate of drug-likeness (QED) is 0.659. The molecule has 20 heavy (non-hydrogen) atoms. The standard InChI is InChI=1S/C14H18ClFN4/c1-3-6-20-14(12(15)8-18-20)13(19-17)11-7-10(16)5-4-9(11)2/h4-5,7-8,13,19H,3,6,17H2,1-2H3. The largest absolute Gasteiger partial charge is 0.271 e. The molecule has 1 unspecified atom stereocenters. The number of halogens is 2. The molecule has 108 valence electrons.